The first-order valence-electron chi connectivity index (χ1n) is 15.4. The molecule has 0 bridgehead atoms. The van der Waals surface area contributed by atoms with Crippen molar-refractivity contribution in [3.63, 3.8) is 0 Å². The number of hydrogen-bond donors (Lipinski definition) is 0. The van der Waals surface area contributed by atoms with Gasteiger partial charge in [0.2, 0.25) is 0 Å². The monoisotopic (exact) mass is 902 g/mol. The van der Waals surface area contributed by atoms with E-state index in [2.05, 4.69) is 0 Å². The van der Waals surface area contributed by atoms with Crippen LogP contribution in [0.4, 0.5) is 105 Å². The Morgan fingerprint density at radius 1 is 0.180 bits per heavy atom. The number of rotatable bonds is 6. The fourth-order valence-corrected chi connectivity index (χ4v) is 6.19. The van der Waals surface area contributed by atoms with Gasteiger partial charge in [-0.15, -0.1) is 0 Å². The highest BCUT2D eigenvalue weighted by molar-refractivity contribution is 6.96. The average Bonchev–Trinajstić information content (AvgIpc) is 3.19. The molecule has 0 aliphatic rings. The summed E-state index contributed by atoms with van der Waals surface area (Å²) in [5.74, 6) is -75.0. The van der Waals surface area contributed by atoms with Crippen molar-refractivity contribution in [2.24, 2.45) is 0 Å². The van der Waals surface area contributed by atoms with Crippen LogP contribution in [0.25, 0.3) is 33.4 Å². The van der Waals surface area contributed by atoms with Crippen LogP contribution in [0.2, 0.25) is 0 Å². The van der Waals surface area contributed by atoms with E-state index in [4.69, 9.17) is 0 Å². The third-order valence-corrected chi connectivity index (χ3v) is 8.85. The van der Waals surface area contributed by atoms with Gasteiger partial charge in [0.15, 0.2) is 105 Å². The first-order chi connectivity index (χ1) is 28.3. The summed E-state index contributed by atoms with van der Waals surface area (Å²) in [6.07, 6.45) is 0. The van der Waals surface area contributed by atoms with Crippen LogP contribution in [0.5, 0.6) is 0 Å². The molecule has 0 radical (unpaired) electrons. The molecule has 0 heterocycles. The lowest BCUT2D eigenvalue weighted by Crippen LogP contribution is -2.60. The van der Waals surface area contributed by atoms with Crippen molar-refractivity contribution < 1.29 is 105 Å². The number of halogens is 24. The molecule has 0 nitrogen and oxygen atoms in total. The van der Waals surface area contributed by atoms with Crippen LogP contribution < -0.4 is 16.4 Å². The van der Waals surface area contributed by atoms with Gasteiger partial charge in [-0.2, -0.15) is 0 Å². The van der Waals surface area contributed by atoms with Crippen LogP contribution in [0.1, 0.15) is 0 Å². The highest BCUT2D eigenvalue weighted by Crippen LogP contribution is 2.39. The molecular weight excluding hydrogens is 899 g/mol. The van der Waals surface area contributed by atoms with Crippen molar-refractivity contribution in [2.75, 3.05) is 0 Å². The molecule has 0 aliphatic heterocycles. The summed E-state index contributed by atoms with van der Waals surface area (Å²) in [6, 6.07) is -2.28. The van der Waals surface area contributed by atoms with Crippen LogP contribution in [0.15, 0.2) is 18.2 Å². The van der Waals surface area contributed by atoms with E-state index >= 15 is 52.7 Å². The largest absolute Gasteiger partial charge is 0.264 e. The van der Waals surface area contributed by atoms with Crippen LogP contribution in [0, 0.1) is 140 Å². The highest BCUT2D eigenvalue weighted by Gasteiger charge is 2.47. The number of benzene rings is 6. The summed E-state index contributed by atoms with van der Waals surface area (Å²) in [6.45, 7) is -4.71. The smallest absolute Gasteiger partial charge is 0.207 e. The maximum Gasteiger partial charge on any atom is 0.264 e. The lowest BCUT2D eigenvalue weighted by Gasteiger charge is -2.24. The second-order valence-corrected chi connectivity index (χ2v) is 12.1. The fourth-order valence-electron chi connectivity index (χ4n) is 6.19. The van der Waals surface area contributed by atoms with Crippen LogP contribution in [-0.2, 0) is 0 Å². The van der Waals surface area contributed by atoms with Gasteiger partial charge in [0.25, 0.3) is 6.71 Å². The van der Waals surface area contributed by atoms with E-state index in [0.717, 1.165) is 0 Å². The first kappa shape index (κ1) is 44.3. The zero-order valence-electron chi connectivity index (χ0n) is 27.9. The molecule has 0 unspecified atom stereocenters. The standard InChI is InChI=1S/C36H3BF24/c38-4-1-7(41)19(44)25(50)10(4)13-22(47)16(31(56)34(59)28(13)53)37(17-23(48)14(29(54)35(60)32(17)57)11-5(39)2-8(42)20(45)26(11)51)18-24(49)15(30(55)36(61)33(18)58)12-6(40)3-9(43)21(46)27(12)52/h1-3H. The van der Waals surface area contributed by atoms with Crippen LogP contribution in [0.3, 0.4) is 0 Å². The molecule has 0 aliphatic carbocycles. The quantitative estimate of drug-likeness (QED) is 0.0676. The summed E-state index contributed by atoms with van der Waals surface area (Å²) in [5.41, 5.74) is -26.5. The van der Waals surface area contributed by atoms with E-state index in [9.17, 15) is 52.7 Å². The normalized spacial score (nSPS) is 11.6. The van der Waals surface area contributed by atoms with Crippen molar-refractivity contribution in [3.8, 4) is 33.4 Å². The molecular formula is C36H3BF24. The SMILES string of the molecule is Fc1cc(F)c(-c2c(F)c(F)c(F)c(B(c3c(F)c(F)c(F)c(-c4c(F)cc(F)c(F)c4F)c3F)c3c(F)c(F)c(F)c(-c4c(F)cc(F)c(F)c4F)c3F)c2F)c(F)c1F. The Morgan fingerprint density at radius 3 is 0.590 bits per heavy atom. The lowest BCUT2D eigenvalue weighted by molar-refractivity contribution is 0.427. The van der Waals surface area contributed by atoms with E-state index in [1.165, 1.54) is 0 Å². The van der Waals surface area contributed by atoms with Crippen molar-refractivity contribution >= 4 is 23.1 Å². The van der Waals surface area contributed by atoms with Gasteiger partial charge >= 0.3 is 0 Å². The predicted molar refractivity (Wildman–Crippen MR) is 159 cm³/mol. The lowest BCUT2D eigenvalue weighted by atomic mass is 9.35. The zero-order valence-corrected chi connectivity index (χ0v) is 27.9. The Morgan fingerprint density at radius 2 is 0.377 bits per heavy atom. The summed E-state index contributed by atoms with van der Waals surface area (Å²) >= 11 is 0. The Balaban J connectivity index is 1.94. The maximum absolute atomic E-state index is 16.6. The third-order valence-electron chi connectivity index (χ3n) is 8.85. The summed E-state index contributed by atoms with van der Waals surface area (Å²) in [5, 5.41) is 0. The second kappa shape index (κ2) is 15.3. The Hall–Kier alpha value is -6.30. The minimum Gasteiger partial charge on any atom is -0.207 e. The molecule has 0 saturated heterocycles. The van der Waals surface area contributed by atoms with Crippen LogP contribution in [-0.4, -0.2) is 6.71 Å². The van der Waals surface area contributed by atoms with Gasteiger partial charge in [0.05, 0.1) is 33.4 Å². The van der Waals surface area contributed by atoms with E-state index in [-0.39, 0.29) is 0 Å². The molecule has 6 aromatic rings. The molecule has 0 atom stereocenters. The van der Waals surface area contributed by atoms with Crippen molar-refractivity contribution in [1.82, 2.24) is 0 Å². The minimum atomic E-state index is -4.71. The number of hydrogen-bond acceptors (Lipinski definition) is 0. The maximum atomic E-state index is 16.6. The minimum absolute atomic E-state index is 0.761. The van der Waals surface area contributed by atoms with Gasteiger partial charge in [-0.05, 0) is 0 Å². The zero-order chi connectivity index (χ0) is 45.8. The predicted octanol–water partition coefficient (Wildman–Crippen LogP) is 10.5. The summed E-state index contributed by atoms with van der Waals surface area (Å²) in [7, 11) is 0. The topological polar surface area (TPSA) is 0 Å². The Bertz CT molecular complexity index is 2610. The van der Waals surface area contributed by atoms with Gasteiger partial charge in [-0.1, -0.05) is 0 Å². The molecule has 61 heavy (non-hydrogen) atoms. The first-order valence-corrected chi connectivity index (χ1v) is 15.4. The van der Waals surface area contributed by atoms with Gasteiger partial charge in [-0.3, -0.25) is 0 Å². The molecule has 0 fully saturated rings. The Labute approximate surface area is 320 Å². The van der Waals surface area contributed by atoms with E-state index < -0.39 is 214 Å². The third kappa shape index (κ3) is 6.41. The van der Waals surface area contributed by atoms with Gasteiger partial charge < -0.3 is 0 Å². The molecule has 318 valence electrons. The van der Waals surface area contributed by atoms with Crippen molar-refractivity contribution in [2.45, 2.75) is 0 Å². The van der Waals surface area contributed by atoms with Crippen LogP contribution >= 0.6 is 0 Å². The molecule has 25 heteroatoms. The van der Waals surface area contributed by atoms with Crippen molar-refractivity contribution in [1.29, 1.82) is 0 Å². The van der Waals surface area contributed by atoms with Crippen molar-refractivity contribution in [3.05, 3.63) is 158 Å². The Kier molecular flexibility index (Phi) is 11.1. The summed E-state index contributed by atoms with van der Waals surface area (Å²) in [4.78, 5) is 0. The van der Waals surface area contributed by atoms with Gasteiger partial charge in [-0.25, -0.2) is 105 Å². The average molecular weight is 902 g/mol. The highest BCUT2D eigenvalue weighted by atomic mass is 19.2. The van der Waals surface area contributed by atoms with E-state index in [1.54, 1.807) is 0 Å². The molecule has 0 aromatic heterocycles. The van der Waals surface area contributed by atoms with E-state index in [0.29, 0.717) is 0 Å². The summed E-state index contributed by atoms with van der Waals surface area (Å²) < 4.78 is 363. The second-order valence-electron chi connectivity index (χ2n) is 12.1. The fraction of sp³-hybridized carbons (Fsp3) is 0. The van der Waals surface area contributed by atoms with E-state index in [1.807, 2.05) is 0 Å². The molecule has 0 spiro atoms. The molecule has 6 rings (SSSR count). The van der Waals surface area contributed by atoms with Gasteiger partial charge in [0.1, 0.15) is 34.9 Å². The molecule has 0 N–H and O–H groups in total. The molecule has 0 amide bonds. The molecule has 0 saturated carbocycles. The van der Waals surface area contributed by atoms with Gasteiger partial charge in [0, 0.05) is 34.6 Å². The molecule has 6 aromatic carbocycles.